The summed E-state index contributed by atoms with van der Waals surface area (Å²) in [5.41, 5.74) is 0. The van der Waals surface area contributed by atoms with Crippen molar-refractivity contribution in [1.29, 1.82) is 0 Å². The minimum atomic E-state index is -2.02. The smallest absolute Gasteiger partial charge is 0.231 e. The molecule has 0 saturated heterocycles. The average Bonchev–Trinajstić information content (AvgIpc) is 2.21. The van der Waals surface area contributed by atoms with E-state index < -0.39 is 6.75 Å². The second-order valence-electron chi connectivity index (χ2n) is 1.88. The van der Waals surface area contributed by atoms with Gasteiger partial charge in [0.05, 0.1) is 0 Å². The molecule has 1 aromatic rings. The van der Waals surface area contributed by atoms with E-state index in [0.717, 1.165) is 4.47 Å². The normalized spacial score (nSPS) is 21.7. The van der Waals surface area contributed by atoms with E-state index in [2.05, 4.69) is 15.9 Å². The van der Waals surface area contributed by atoms with Crippen LogP contribution in [0, 0.1) is 0 Å². The zero-order valence-electron chi connectivity index (χ0n) is 6.93. The number of hydrogen-bond acceptors (Lipinski definition) is 2. The highest BCUT2D eigenvalue weighted by molar-refractivity contribution is 9.10. The largest absolute Gasteiger partial charge is 0.454 e. The van der Waals surface area contributed by atoms with Crippen LogP contribution in [0.2, 0.25) is 0 Å². The predicted molar refractivity (Wildman–Crippen MR) is 40.3 cm³/mol. The molecule has 0 N–H and O–H groups in total. The van der Waals surface area contributed by atoms with Gasteiger partial charge in [0.25, 0.3) is 0 Å². The van der Waals surface area contributed by atoms with Gasteiger partial charge in [-0.25, -0.2) is 0 Å². The van der Waals surface area contributed by atoms with Crippen molar-refractivity contribution in [3.63, 3.8) is 0 Å². The molecule has 1 aliphatic heterocycles. The van der Waals surface area contributed by atoms with Crippen molar-refractivity contribution in [3.05, 3.63) is 22.7 Å². The molecule has 0 amide bonds. The molecule has 1 aromatic carbocycles. The lowest BCUT2D eigenvalue weighted by Gasteiger charge is -1.93. The average molecular weight is 203 g/mol. The van der Waals surface area contributed by atoms with Crippen molar-refractivity contribution in [2.24, 2.45) is 0 Å². The molecule has 0 atom stereocenters. The highest BCUT2D eigenvalue weighted by atomic mass is 79.9. The Kier molecular flexibility index (Phi) is 0.916. The van der Waals surface area contributed by atoms with E-state index in [4.69, 9.17) is 12.2 Å². The standard InChI is InChI=1S/C7H5BrO2/c8-5-1-2-6-7(3-5)10-4-9-6/h1-3H,4H2/i4D2. The van der Waals surface area contributed by atoms with Crippen LogP contribution in [-0.2, 0) is 0 Å². The lowest BCUT2D eigenvalue weighted by molar-refractivity contribution is 0.174. The molecular formula is C7H5BrO2. The Morgan fingerprint density at radius 3 is 3.10 bits per heavy atom. The molecule has 0 fully saturated rings. The van der Waals surface area contributed by atoms with Crippen molar-refractivity contribution in [2.45, 2.75) is 0 Å². The van der Waals surface area contributed by atoms with Crippen molar-refractivity contribution in [2.75, 3.05) is 6.75 Å². The van der Waals surface area contributed by atoms with Gasteiger partial charge >= 0.3 is 0 Å². The van der Waals surface area contributed by atoms with E-state index in [0.29, 0.717) is 11.5 Å². The Morgan fingerprint density at radius 2 is 2.20 bits per heavy atom. The maximum atomic E-state index is 7.15. The molecule has 0 bridgehead atoms. The minimum absolute atomic E-state index is 0.425. The van der Waals surface area contributed by atoms with Gasteiger partial charge in [0, 0.05) is 4.47 Å². The molecule has 1 aliphatic rings. The molecule has 0 aromatic heterocycles. The maximum Gasteiger partial charge on any atom is 0.231 e. The fraction of sp³-hybridized carbons (Fsp3) is 0.143. The van der Waals surface area contributed by atoms with Crippen LogP contribution in [0.5, 0.6) is 11.5 Å². The summed E-state index contributed by atoms with van der Waals surface area (Å²) in [7, 11) is 0. The number of halogens is 1. The molecule has 0 radical (unpaired) electrons. The summed E-state index contributed by atoms with van der Waals surface area (Å²) in [6, 6.07) is 5.09. The molecule has 2 nitrogen and oxygen atoms in total. The van der Waals surface area contributed by atoms with E-state index in [-0.39, 0.29) is 0 Å². The molecule has 0 aliphatic carbocycles. The molecule has 0 unspecified atom stereocenters. The van der Waals surface area contributed by atoms with E-state index in [1.807, 2.05) is 0 Å². The van der Waals surface area contributed by atoms with Crippen LogP contribution in [0.15, 0.2) is 22.7 Å². The molecule has 1 heterocycles. The number of rotatable bonds is 0. The number of benzene rings is 1. The summed E-state index contributed by atoms with van der Waals surface area (Å²) in [5, 5.41) is 0. The predicted octanol–water partition coefficient (Wildman–Crippen LogP) is 2.18. The summed E-state index contributed by atoms with van der Waals surface area (Å²) in [6.45, 7) is -2.02. The lowest BCUT2D eigenvalue weighted by Crippen LogP contribution is -1.92. The third-order valence-electron chi connectivity index (χ3n) is 1.21. The second kappa shape index (κ2) is 2.16. The summed E-state index contributed by atoms with van der Waals surface area (Å²) in [6.07, 6.45) is 0. The van der Waals surface area contributed by atoms with Gasteiger partial charge in [-0.15, -0.1) is 0 Å². The molecule has 0 spiro atoms. The minimum Gasteiger partial charge on any atom is -0.454 e. The maximum absolute atomic E-state index is 7.15. The molecule has 10 heavy (non-hydrogen) atoms. The van der Waals surface area contributed by atoms with Crippen LogP contribution in [-0.4, -0.2) is 6.75 Å². The third kappa shape index (κ3) is 0.865. The number of hydrogen-bond donors (Lipinski definition) is 0. The molecule has 2 rings (SSSR count). The van der Waals surface area contributed by atoms with Crippen LogP contribution < -0.4 is 9.47 Å². The number of fused-ring (bicyclic) bond motifs is 1. The van der Waals surface area contributed by atoms with E-state index in [1.165, 1.54) is 0 Å². The first kappa shape index (κ1) is 4.23. The highest BCUT2D eigenvalue weighted by Crippen LogP contribution is 2.33. The zero-order valence-corrected chi connectivity index (χ0v) is 6.51. The molecule has 52 valence electrons. The van der Waals surface area contributed by atoms with Gasteiger partial charge in [0.2, 0.25) is 6.75 Å². The van der Waals surface area contributed by atoms with Crippen LogP contribution in [0.1, 0.15) is 2.74 Å². The molecule has 0 saturated carbocycles. The van der Waals surface area contributed by atoms with Crippen molar-refractivity contribution >= 4 is 15.9 Å². The quantitative estimate of drug-likeness (QED) is 0.643. The lowest BCUT2D eigenvalue weighted by atomic mass is 10.3. The van der Waals surface area contributed by atoms with Gasteiger partial charge in [-0.05, 0) is 18.2 Å². The van der Waals surface area contributed by atoms with Crippen molar-refractivity contribution in [3.8, 4) is 11.5 Å². The van der Waals surface area contributed by atoms with Crippen molar-refractivity contribution < 1.29 is 12.2 Å². The van der Waals surface area contributed by atoms with Gasteiger partial charge in [-0.3, -0.25) is 0 Å². The van der Waals surface area contributed by atoms with Crippen LogP contribution in [0.4, 0.5) is 0 Å². The highest BCUT2D eigenvalue weighted by Gasteiger charge is 2.11. The van der Waals surface area contributed by atoms with E-state index >= 15 is 0 Å². The first-order valence-corrected chi connectivity index (χ1v) is 3.54. The second-order valence-corrected chi connectivity index (χ2v) is 2.79. The van der Waals surface area contributed by atoms with E-state index in [9.17, 15) is 0 Å². The zero-order chi connectivity index (χ0) is 8.77. The van der Waals surface area contributed by atoms with Crippen LogP contribution in [0.3, 0.4) is 0 Å². The Balaban J connectivity index is 2.43. The first-order valence-electron chi connectivity index (χ1n) is 3.74. The Hall–Kier alpha value is -0.700. The van der Waals surface area contributed by atoms with Gasteiger partial charge in [-0.2, -0.15) is 0 Å². The Labute approximate surface area is 69.7 Å². The van der Waals surface area contributed by atoms with Crippen LogP contribution >= 0.6 is 15.9 Å². The summed E-state index contributed by atoms with van der Waals surface area (Å²) in [4.78, 5) is 0. The monoisotopic (exact) mass is 202 g/mol. The van der Waals surface area contributed by atoms with Gasteiger partial charge in [0.1, 0.15) is 2.74 Å². The molecule has 3 heteroatoms. The Morgan fingerprint density at radius 1 is 1.40 bits per heavy atom. The fourth-order valence-corrected chi connectivity index (χ4v) is 1.10. The SMILES string of the molecule is [2H]C1([2H])Oc2ccc(Br)cc2O1. The summed E-state index contributed by atoms with van der Waals surface area (Å²) >= 11 is 3.24. The first-order chi connectivity index (χ1) is 5.57. The summed E-state index contributed by atoms with van der Waals surface area (Å²) < 4.78 is 24.8. The molecular weight excluding hydrogens is 196 g/mol. The Bertz CT molecular complexity index is 327. The van der Waals surface area contributed by atoms with Gasteiger partial charge in [-0.1, -0.05) is 15.9 Å². The topological polar surface area (TPSA) is 18.5 Å². The van der Waals surface area contributed by atoms with Gasteiger partial charge < -0.3 is 9.47 Å². The third-order valence-corrected chi connectivity index (χ3v) is 1.70. The number of ether oxygens (including phenoxy) is 2. The fourth-order valence-electron chi connectivity index (χ4n) is 0.757. The summed E-state index contributed by atoms with van der Waals surface area (Å²) in [5.74, 6) is 0.859. The van der Waals surface area contributed by atoms with E-state index in [1.54, 1.807) is 18.2 Å². The van der Waals surface area contributed by atoms with Gasteiger partial charge in [0.15, 0.2) is 11.5 Å². The van der Waals surface area contributed by atoms with Crippen molar-refractivity contribution in [1.82, 2.24) is 0 Å². The van der Waals surface area contributed by atoms with Crippen LogP contribution in [0.25, 0.3) is 0 Å².